The van der Waals surface area contributed by atoms with E-state index in [0.29, 0.717) is 11.4 Å². The number of carbonyl (C=O) groups excluding carboxylic acids is 2. The molecule has 2 amide bonds. The minimum Gasteiger partial charge on any atom is -0.274 e. The van der Waals surface area contributed by atoms with Crippen LogP contribution in [-0.4, -0.2) is 11.8 Å². The molecule has 174 valence electrons. The van der Waals surface area contributed by atoms with Gasteiger partial charge in [-0.15, -0.1) is 0 Å². The SMILES string of the molecule is CC12c3ccccc3C(c3ccccc31)[C@@H]1C(=O)N(c3ccc(N=Nc4ccccc4)cc3)C(=O)[C@@H]12. The van der Waals surface area contributed by atoms with Gasteiger partial charge in [0.05, 0.1) is 28.9 Å². The second kappa shape index (κ2) is 7.56. The molecule has 36 heavy (non-hydrogen) atoms. The molecule has 3 aliphatic carbocycles. The van der Waals surface area contributed by atoms with Crippen molar-refractivity contribution in [2.75, 3.05) is 4.90 Å². The summed E-state index contributed by atoms with van der Waals surface area (Å²) in [5.41, 5.74) is 6.10. The number of azo groups is 1. The van der Waals surface area contributed by atoms with Gasteiger partial charge in [0.2, 0.25) is 11.8 Å². The van der Waals surface area contributed by atoms with Crippen molar-refractivity contribution < 1.29 is 9.59 Å². The molecule has 5 heteroatoms. The first kappa shape index (κ1) is 20.9. The number of hydrogen-bond acceptors (Lipinski definition) is 4. The van der Waals surface area contributed by atoms with Crippen molar-refractivity contribution in [2.24, 2.45) is 22.1 Å². The van der Waals surface area contributed by atoms with Crippen molar-refractivity contribution in [1.82, 2.24) is 0 Å². The first-order valence-corrected chi connectivity index (χ1v) is 12.2. The Balaban J connectivity index is 1.28. The van der Waals surface area contributed by atoms with Gasteiger partial charge in [-0.05, 0) is 58.7 Å². The molecule has 0 N–H and O–H groups in total. The highest BCUT2D eigenvalue weighted by molar-refractivity contribution is 6.23. The summed E-state index contributed by atoms with van der Waals surface area (Å²) in [6.45, 7) is 2.14. The molecule has 0 unspecified atom stereocenters. The van der Waals surface area contributed by atoms with Crippen LogP contribution in [0.25, 0.3) is 0 Å². The molecule has 1 aliphatic heterocycles. The molecule has 4 aromatic carbocycles. The summed E-state index contributed by atoms with van der Waals surface area (Å²) < 4.78 is 0. The van der Waals surface area contributed by atoms with Crippen LogP contribution in [0.1, 0.15) is 35.1 Å². The van der Waals surface area contributed by atoms with E-state index in [-0.39, 0.29) is 17.7 Å². The molecule has 2 bridgehead atoms. The Bertz CT molecular complexity index is 1510. The average molecular weight is 470 g/mol. The van der Waals surface area contributed by atoms with Gasteiger partial charge in [0.25, 0.3) is 0 Å². The maximum absolute atomic E-state index is 14.0. The third-order valence-electron chi connectivity index (χ3n) is 8.19. The van der Waals surface area contributed by atoms with Crippen LogP contribution in [0.5, 0.6) is 0 Å². The van der Waals surface area contributed by atoms with Crippen molar-refractivity contribution in [3.05, 3.63) is 125 Å². The third-order valence-corrected chi connectivity index (χ3v) is 8.19. The van der Waals surface area contributed by atoms with Gasteiger partial charge in [0.15, 0.2) is 0 Å². The predicted octanol–water partition coefficient (Wildman–Crippen LogP) is 6.67. The van der Waals surface area contributed by atoms with Crippen LogP contribution in [-0.2, 0) is 15.0 Å². The highest BCUT2D eigenvalue weighted by Gasteiger charge is 2.66. The summed E-state index contributed by atoms with van der Waals surface area (Å²) in [5.74, 6) is -1.21. The van der Waals surface area contributed by atoms with Crippen molar-refractivity contribution in [3.63, 3.8) is 0 Å². The van der Waals surface area contributed by atoms with Gasteiger partial charge in [-0.25, -0.2) is 4.90 Å². The van der Waals surface area contributed by atoms with E-state index in [9.17, 15) is 9.59 Å². The van der Waals surface area contributed by atoms with Gasteiger partial charge in [-0.2, -0.15) is 10.2 Å². The monoisotopic (exact) mass is 469 g/mol. The number of imide groups is 1. The summed E-state index contributed by atoms with van der Waals surface area (Å²) >= 11 is 0. The lowest BCUT2D eigenvalue weighted by Crippen LogP contribution is -2.51. The van der Waals surface area contributed by atoms with Gasteiger partial charge < -0.3 is 0 Å². The zero-order chi connectivity index (χ0) is 24.4. The van der Waals surface area contributed by atoms with Crippen molar-refractivity contribution >= 4 is 28.9 Å². The molecule has 0 saturated carbocycles. The largest absolute Gasteiger partial charge is 0.274 e. The number of amides is 2. The smallest absolute Gasteiger partial charge is 0.238 e. The van der Waals surface area contributed by atoms with Gasteiger partial charge >= 0.3 is 0 Å². The third kappa shape index (κ3) is 2.71. The van der Waals surface area contributed by atoms with Gasteiger partial charge in [-0.1, -0.05) is 73.7 Å². The first-order chi connectivity index (χ1) is 17.6. The molecular weight excluding hydrogens is 446 g/mol. The van der Waals surface area contributed by atoms with Crippen molar-refractivity contribution in [3.8, 4) is 0 Å². The maximum Gasteiger partial charge on any atom is 0.238 e. The molecule has 2 atom stereocenters. The maximum atomic E-state index is 14.0. The zero-order valence-corrected chi connectivity index (χ0v) is 19.7. The second-order valence-corrected chi connectivity index (χ2v) is 9.92. The Labute approximate surface area is 209 Å². The van der Waals surface area contributed by atoms with E-state index in [2.05, 4.69) is 41.4 Å². The van der Waals surface area contributed by atoms with Gasteiger partial charge in [-0.3, -0.25) is 9.59 Å². The molecule has 1 heterocycles. The molecule has 1 fully saturated rings. The normalized spacial score (nSPS) is 25.7. The van der Waals surface area contributed by atoms with E-state index < -0.39 is 17.3 Å². The number of rotatable bonds is 3. The zero-order valence-electron chi connectivity index (χ0n) is 19.7. The highest BCUT2D eigenvalue weighted by atomic mass is 16.2. The fourth-order valence-electron chi connectivity index (χ4n) is 6.68. The molecule has 0 spiro atoms. The van der Waals surface area contributed by atoms with Crippen LogP contribution in [0.2, 0.25) is 0 Å². The summed E-state index contributed by atoms with van der Waals surface area (Å²) in [6, 6.07) is 33.3. The minimum atomic E-state index is -0.558. The number of carbonyl (C=O) groups is 2. The Morgan fingerprint density at radius 1 is 0.639 bits per heavy atom. The molecule has 0 radical (unpaired) electrons. The Hall–Kier alpha value is -4.38. The lowest BCUT2D eigenvalue weighted by molar-refractivity contribution is -0.123. The molecule has 4 aromatic rings. The van der Waals surface area contributed by atoms with E-state index >= 15 is 0 Å². The predicted molar refractivity (Wildman–Crippen MR) is 138 cm³/mol. The number of hydrogen-bond donors (Lipinski definition) is 0. The Morgan fingerprint density at radius 3 is 1.78 bits per heavy atom. The number of anilines is 1. The van der Waals surface area contributed by atoms with Crippen LogP contribution >= 0.6 is 0 Å². The quantitative estimate of drug-likeness (QED) is 0.248. The number of benzene rings is 4. The van der Waals surface area contributed by atoms with Crippen LogP contribution in [0.4, 0.5) is 17.1 Å². The van der Waals surface area contributed by atoms with E-state index in [1.54, 1.807) is 24.3 Å². The molecule has 1 saturated heterocycles. The molecular formula is C31H23N3O2. The summed E-state index contributed by atoms with van der Waals surface area (Å²) in [4.78, 5) is 29.4. The van der Waals surface area contributed by atoms with Gasteiger partial charge in [0.1, 0.15) is 0 Å². The lowest BCUT2D eigenvalue weighted by atomic mass is 9.48. The molecule has 8 rings (SSSR count). The van der Waals surface area contributed by atoms with Gasteiger partial charge in [0, 0.05) is 11.3 Å². The topological polar surface area (TPSA) is 62.1 Å². The second-order valence-electron chi connectivity index (χ2n) is 9.92. The minimum absolute atomic E-state index is 0.121. The van der Waals surface area contributed by atoms with E-state index in [1.807, 2.05) is 54.6 Å². The van der Waals surface area contributed by atoms with Crippen LogP contribution in [0.15, 0.2) is 113 Å². The molecule has 4 aliphatic rings. The Kier molecular flexibility index (Phi) is 4.40. The van der Waals surface area contributed by atoms with E-state index in [0.717, 1.165) is 16.8 Å². The fraction of sp³-hybridized carbons (Fsp3) is 0.161. The highest BCUT2D eigenvalue weighted by Crippen LogP contribution is 2.64. The molecule has 5 nitrogen and oxygen atoms in total. The van der Waals surface area contributed by atoms with E-state index in [4.69, 9.17) is 0 Å². The first-order valence-electron chi connectivity index (χ1n) is 12.2. The average Bonchev–Trinajstić information content (AvgIpc) is 3.20. The molecule has 0 aromatic heterocycles. The van der Waals surface area contributed by atoms with Crippen LogP contribution in [0.3, 0.4) is 0 Å². The fourth-order valence-corrected chi connectivity index (χ4v) is 6.68. The van der Waals surface area contributed by atoms with E-state index in [1.165, 1.54) is 16.0 Å². The lowest BCUT2D eigenvalue weighted by Gasteiger charge is -2.52. The summed E-state index contributed by atoms with van der Waals surface area (Å²) in [5, 5.41) is 8.54. The van der Waals surface area contributed by atoms with Crippen LogP contribution in [0, 0.1) is 11.8 Å². The summed E-state index contributed by atoms with van der Waals surface area (Å²) in [7, 11) is 0. The summed E-state index contributed by atoms with van der Waals surface area (Å²) in [6.07, 6.45) is 0. The Morgan fingerprint density at radius 2 is 1.17 bits per heavy atom. The van der Waals surface area contributed by atoms with Crippen molar-refractivity contribution in [1.29, 1.82) is 0 Å². The standard InChI is InChI=1S/C31H23N3O2/c1-31-24-13-7-5-11-22(24)26(23-12-6-8-14-25(23)31)27-28(31)30(36)34(29(27)35)21-17-15-20(16-18-21)33-32-19-9-3-2-4-10-19/h2-18,26-28H,1H3/t26?,27-,28+,31?/m0/s1. The van der Waals surface area contributed by atoms with Crippen molar-refractivity contribution in [2.45, 2.75) is 18.3 Å². The van der Waals surface area contributed by atoms with Crippen LogP contribution < -0.4 is 4.90 Å². The number of nitrogens with zero attached hydrogens (tertiary/aromatic N) is 3.